The smallest absolute Gasteiger partial charge is 0.251 e. The maximum absolute atomic E-state index is 12.7. The fraction of sp³-hybridized carbons (Fsp3) is 0.464. The van der Waals surface area contributed by atoms with Crippen molar-refractivity contribution in [3.63, 3.8) is 0 Å². The molecule has 1 aliphatic heterocycles. The van der Waals surface area contributed by atoms with E-state index in [0.29, 0.717) is 30.5 Å². The molecule has 196 valence electrons. The summed E-state index contributed by atoms with van der Waals surface area (Å²) >= 11 is 0. The fourth-order valence-corrected chi connectivity index (χ4v) is 5.26. The van der Waals surface area contributed by atoms with Crippen LogP contribution in [-0.4, -0.2) is 57.7 Å². The molecule has 3 N–H and O–H groups in total. The quantitative estimate of drug-likeness (QED) is 0.384. The van der Waals surface area contributed by atoms with Crippen LogP contribution >= 0.6 is 0 Å². The Labute approximate surface area is 217 Å². The minimum atomic E-state index is -0.658. The third-order valence-corrected chi connectivity index (χ3v) is 7.27. The first-order valence-electron chi connectivity index (χ1n) is 13.1. The third kappa shape index (κ3) is 6.47. The third-order valence-electron chi connectivity index (χ3n) is 7.27. The second-order valence-electron chi connectivity index (χ2n) is 9.99. The lowest BCUT2D eigenvalue weighted by atomic mass is 9.94. The molecule has 0 radical (unpaired) electrons. The van der Waals surface area contributed by atoms with Crippen LogP contribution in [0, 0.1) is 6.92 Å². The number of carbonyl (C=O) groups excluding carboxylic acids is 1. The molecule has 5 rings (SSSR count). The van der Waals surface area contributed by atoms with E-state index < -0.39 is 6.10 Å². The van der Waals surface area contributed by atoms with Crippen molar-refractivity contribution in [2.24, 2.45) is 0 Å². The van der Waals surface area contributed by atoms with Crippen LogP contribution in [0.25, 0.3) is 0 Å². The summed E-state index contributed by atoms with van der Waals surface area (Å²) in [6.45, 7) is 4.72. The average Bonchev–Trinajstić information content (AvgIpc) is 3.62. The summed E-state index contributed by atoms with van der Waals surface area (Å²) in [5.41, 5.74) is 4.23. The lowest BCUT2D eigenvalue weighted by molar-refractivity contribution is 0.0841. The molecule has 1 atom stereocenters. The molecule has 1 aliphatic carbocycles. The standard InChI is InChI=1S/C28H35N5O4/c1-19-25-9-11-33(15-21(25)6-7-26(19)36-17-24-14-29-18-37-24)16-23(34)13-31-28(35)20-8-10-30-27(12-20)32-22-4-2-3-5-22/h6-8,10,12,14,18,22-23,34H,2-5,9,11,13,15-17H2,1H3,(H,30,32)(H,31,35)/t23-/m0/s1. The van der Waals surface area contributed by atoms with Crippen molar-refractivity contribution < 1.29 is 19.1 Å². The summed E-state index contributed by atoms with van der Waals surface area (Å²) in [6.07, 6.45) is 9.69. The van der Waals surface area contributed by atoms with E-state index in [0.717, 1.165) is 49.5 Å². The van der Waals surface area contributed by atoms with Gasteiger partial charge in [-0.2, -0.15) is 0 Å². The van der Waals surface area contributed by atoms with Crippen molar-refractivity contribution >= 4 is 11.7 Å². The molecule has 1 fully saturated rings. The second-order valence-corrected chi connectivity index (χ2v) is 9.99. The summed E-state index contributed by atoms with van der Waals surface area (Å²) in [5.74, 6) is 2.07. The molecule has 9 nitrogen and oxygen atoms in total. The molecule has 37 heavy (non-hydrogen) atoms. The Hall–Kier alpha value is -3.43. The van der Waals surface area contributed by atoms with Crippen molar-refractivity contribution in [2.75, 3.05) is 25.0 Å². The number of ether oxygens (including phenoxy) is 1. The van der Waals surface area contributed by atoms with Gasteiger partial charge in [-0.15, -0.1) is 0 Å². The van der Waals surface area contributed by atoms with E-state index in [1.807, 2.05) is 6.07 Å². The lowest BCUT2D eigenvalue weighted by Crippen LogP contribution is -2.42. The van der Waals surface area contributed by atoms with E-state index in [9.17, 15) is 9.90 Å². The number of pyridine rings is 1. The summed E-state index contributed by atoms with van der Waals surface area (Å²) in [6, 6.07) is 8.01. The number of aromatic nitrogens is 2. The number of rotatable bonds is 10. The average molecular weight is 506 g/mol. The molecule has 1 saturated carbocycles. The van der Waals surface area contributed by atoms with Crippen LogP contribution < -0.4 is 15.4 Å². The van der Waals surface area contributed by atoms with Crippen LogP contribution in [0.3, 0.4) is 0 Å². The summed E-state index contributed by atoms with van der Waals surface area (Å²) < 4.78 is 11.2. The highest BCUT2D eigenvalue weighted by atomic mass is 16.5. The van der Waals surface area contributed by atoms with Gasteiger partial charge in [-0.25, -0.2) is 9.97 Å². The van der Waals surface area contributed by atoms with Crippen LogP contribution in [0.1, 0.15) is 58.5 Å². The highest BCUT2D eigenvalue weighted by Crippen LogP contribution is 2.30. The Morgan fingerprint density at radius 2 is 2.16 bits per heavy atom. The molecule has 9 heteroatoms. The molecule has 2 aliphatic rings. The van der Waals surface area contributed by atoms with Gasteiger partial charge >= 0.3 is 0 Å². The fourth-order valence-electron chi connectivity index (χ4n) is 5.26. The van der Waals surface area contributed by atoms with Gasteiger partial charge in [-0.05, 0) is 61.1 Å². The van der Waals surface area contributed by atoms with Crippen LogP contribution in [0.4, 0.5) is 5.82 Å². The summed E-state index contributed by atoms with van der Waals surface area (Å²) in [7, 11) is 0. The molecule has 0 bridgehead atoms. The van der Waals surface area contributed by atoms with Gasteiger partial charge in [0.25, 0.3) is 5.91 Å². The van der Waals surface area contributed by atoms with Crippen LogP contribution in [-0.2, 0) is 19.6 Å². The number of β-amino-alcohol motifs (C(OH)–C–C–N with tert-alkyl or cyclic N) is 1. The maximum Gasteiger partial charge on any atom is 0.251 e. The van der Waals surface area contributed by atoms with Gasteiger partial charge in [-0.3, -0.25) is 9.69 Å². The number of nitrogens with one attached hydrogen (secondary N) is 2. The summed E-state index contributed by atoms with van der Waals surface area (Å²) in [5, 5.41) is 16.9. The normalized spacial score (nSPS) is 16.8. The molecule has 2 aromatic heterocycles. The van der Waals surface area contributed by atoms with E-state index in [1.165, 1.54) is 30.4 Å². The predicted molar refractivity (Wildman–Crippen MR) is 139 cm³/mol. The van der Waals surface area contributed by atoms with Gasteiger partial charge < -0.3 is 24.9 Å². The minimum Gasteiger partial charge on any atom is -0.485 e. The first kappa shape index (κ1) is 25.2. The van der Waals surface area contributed by atoms with E-state index >= 15 is 0 Å². The highest BCUT2D eigenvalue weighted by molar-refractivity contribution is 5.94. The maximum atomic E-state index is 12.7. The van der Waals surface area contributed by atoms with Crippen molar-refractivity contribution in [2.45, 2.75) is 64.3 Å². The van der Waals surface area contributed by atoms with Crippen molar-refractivity contribution in [1.82, 2.24) is 20.2 Å². The number of nitrogens with zero attached hydrogens (tertiary/aromatic N) is 3. The zero-order chi connectivity index (χ0) is 25.6. The zero-order valence-electron chi connectivity index (χ0n) is 21.3. The molecular formula is C28H35N5O4. The van der Waals surface area contributed by atoms with Crippen molar-refractivity contribution in [3.8, 4) is 5.75 Å². The number of oxazole rings is 1. The molecular weight excluding hydrogens is 470 g/mol. The Bertz CT molecular complexity index is 1190. The molecule has 0 spiro atoms. The molecule has 1 aromatic carbocycles. The first-order chi connectivity index (χ1) is 18.0. The Balaban J connectivity index is 1.10. The van der Waals surface area contributed by atoms with E-state index in [4.69, 9.17) is 9.15 Å². The first-order valence-corrected chi connectivity index (χ1v) is 13.1. The Kier molecular flexibility index (Phi) is 8.01. The van der Waals surface area contributed by atoms with Gasteiger partial charge in [0.2, 0.25) is 0 Å². The number of aliphatic hydroxyl groups is 1. The molecule has 0 saturated heterocycles. The SMILES string of the molecule is Cc1c(OCc2cnco2)ccc2c1CCN(C[C@@H](O)CNC(=O)c1ccnc(NC3CCCC3)c1)C2. The van der Waals surface area contributed by atoms with Crippen LogP contribution in [0.2, 0.25) is 0 Å². The molecule has 1 amide bonds. The van der Waals surface area contributed by atoms with Gasteiger partial charge in [0.1, 0.15) is 18.2 Å². The van der Waals surface area contributed by atoms with E-state index in [2.05, 4.69) is 38.5 Å². The topological polar surface area (TPSA) is 113 Å². The number of anilines is 1. The van der Waals surface area contributed by atoms with Gasteiger partial charge in [-0.1, -0.05) is 18.9 Å². The number of amides is 1. The van der Waals surface area contributed by atoms with Crippen LogP contribution in [0.5, 0.6) is 5.75 Å². The zero-order valence-corrected chi connectivity index (χ0v) is 21.3. The monoisotopic (exact) mass is 505 g/mol. The Morgan fingerprint density at radius 1 is 1.30 bits per heavy atom. The number of fused-ring (bicyclic) bond motifs is 1. The van der Waals surface area contributed by atoms with Gasteiger partial charge in [0, 0.05) is 44.0 Å². The van der Waals surface area contributed by atoms with Crippen LogP contribution in [0.15, 0.2) is 47.5 Å². The minimum absolute atomic E-state index is 0.198. The van der Waals surface area contributed by atoms with Crippen molar-refractivity contribution in [3.05, 3.63) is 71.1 Å². The lowest BCUT2D eigenvalue weighted by Gasteiger charge is -2.31. The number of carbonyl (C=O) groups is 1. The molecule has 3 aromatic rings. The highest BCUT2D eigenvalue weighted by Gasteiger charge is 2.22. The number of benzene rings is 1. The number of hydrogen-bond donors (Lipinski definition) is 3. The largest absolute Gasteiger partial charge is 0.485 e. The van der Waals surface area contributed by atoms with E-state index in [1.54, 1.807) is 24.5 Å². The number of hydrogen-bond acceptors (Lipinski definition) is 8. The molecule has 3 heterocycles. The predicted octanol–water partition coefficient (Wildman–Crippen LogP) is 3.46. The van der Waals surface area contributed by atoms with E-state index in [-0.39, 0.29) is 12.5 Å². The summed E-state index contributed by atoms with van der Waals surface area (Å²) in [4.78, 5) is 23.2. The number of aliphatic hydroxyl groups excluding tert-OH is 1. The van der Waals surface area contributed by atoms with Crippen molar-refractivity contribution in [1.29, 1.82) is 0 Å². The van der Waals surface area contributed by atoms with Gasteiger partial charge in [0.05, 0.1) is 12.3 Å². The van der Waals surface area contributed by atoms with Gasteiger partial charge in [0.15, 0.2) is 12.2 Å². The molecule has 0 unspecified atom stereocenters. The second kappa shape index (κ2) is 11.7. The Morgan fingerprint density at radius 3 is 2.97 bits per heavy atom.